The van der Waals surface area contributed by atoms with Crippen LogP contribution in [0.25, 0.3) is 10.9 Å². The zero-order valence-corrected chi connectivity index (χ0v) is 15.0. The maximum atomic E-state index is 13.3. The molecule has 0 unspecified atom stereocenters. The third kappa shape index (κ3) is 2.03. The Morgan fingerprint density at radius 3 is 2.96 bits per heavy atom. The monoisotopic (exact) mass is 367 g/mol. The molecule has 0 aliphatic carbocycles. The molecule has 2 atom stereocenters. The fourth-order valence-electron chi connectivity index (χ4n) is 4.00. The number of carbonyl (C=O) groups excluding carboxylic acids is 1. The van der Waals surface area contributed by atoms with Gasteiger partial charge in [0.25, 0.3) is 5.56 Å². The van der Waals surface area contributed by atoms with E-state index >= 15 is 0 Å². The Labute approximate surface area is 153 Å². The summed E-state index contributed by atoms with van der Waals surface area (Å²) >= 11 is 1.67. The first-order valence-electron chi connectivity index (χ1n) is 8.58. The van der Waals surface area contributed by atoms with Crippen molar-refractivity contribution in [2.24, 2.45) is 0 Å². The largest absolute Gasteiger partial charge is 0.472 e. The smallest absolute Gasteiger partial charge is 0.262 e. The number of rotatable bonds is 2. The fourth-order valence-corrected chi connectivity index (χ4v) is 5.28. The van der Waals surface area contributed by atoms with Gasteiger partial charge in [0.1, 0.15) is 16.7 Å². The highest BCUT2D eigenvalue weighted by atomic mass is 32.2. The van der Waals surface area contributed by atoms with E-state index in [1.54, 1.807) is 34.9 Å². The fraction of sp³-hybridized carbons (Fsp3) is 0.316. The van der Waals surface area contributed by atoms with Crippen molar-refractivity contribution in [3.05, 3.63) is 64.6 Å². The van der Waals surface area contributed by atoms with E-state index in [0.717, 1.165) is 11.3 Å². The number of furan rings is 1. The van der Waals surface area contributed by atoms with Crippen LogP contribution in [0.1, 0.15) is 24.4 Å². The van der Waals surface area contributed by atoms with Gasteiger partial charge in [-0.15, -0.1) is 11.8 Å². The molecule has 4 heterocycles. The Bertz CT molecular complexity index is 1080. The molecule has 1 saturated heterocycles. The first-order valence-corrected chi connectivity index (χ1v) is 9.56. The van der Waals surface area contributed by atoms with E-state index in [1.807, 2.05) is 36.1 Å². The minimum absolute atomic E-state index is 0.0228. The number of hydrogen-bond donors (Lipinski definition) is 0. The average molecular weight is 367 g/mol. The predicted octanol–water partition coefficient (Wildman–Crippen LogP) is 2.54. The van der Waals surface area contributed by atoms with E-state index in [4.69, 9.17) is 9.40 Å². The molecule has 0 bridgehead atoms. The van der Waals surface area contributed by atoms with Crippen LogP contribution in [0.2, 0.25) is 0 Å². The van der Waals surface area contributed by atoms with E-state index in [-0.39, 0.29) is 11.5 Å². The van der Waals surface area contributed by atoms with Gasteiger partial charge in [-0.3, -0.25) is 14.2 Å². The number of aromatic nitrogens is 2. The second-order valence-corrected chi connectivity index (χ2v) is 8.29. The summed E-state index contributed by atoms with van der Waals surface area (Å²) in [5.74, 6) is 1.48. The number of thioether (sulfide) groups is 1. The Hall–Kier alpha value is -2.54. The normalized spacial score (nSPS) is 24.7. The van der Waals surface area contributed by atoms with Crippen molar-refractivity contribution in [1.82, 2.24) is 14.5 Å². The molecule has 1 fully saturated rings. The minimum Gasteiger partial charge on any atom is -0.472 e. The van der Waals surface area contributed by atoms with Gasteiger partial charge in [0.15, 0.2) is 0 Å². The molecule has 0 saturated carbocycles. The molecule has 5 rings (SSSR count). The van der Waals surface area contributed by atoms with Crippen LogP contribution in [0, 0.1) is 0 Å². The average Bonchev–Trinajstić information content (AvgIpc) is 3.29. The van der Waals surface area contributed by atoms with Gasteiger partial charge in [0.2, 0.25) is 5.91 Å². The van der Waals surface area contributed by atoms with E-state index < -0.39 is 10.9 Å². The first-order chi connectivity index (χ1) is 12.6. The lowest BCUT2D eigenvalue weighted by Gasteiger charge is -2.43. The van der Waals surface area contributed by atoms with Crippen LogP contribution >= 0.6 is 11.8 Å². The summed E-state index contributed by atoms with van der Waals surface area (Å²) in [5, 5.41) is 0.543. The summed E-state index contributed by atoms with van der Waals surface area (Å²) in [6, 6.07) is 8.56. The van der Waals surface area contributed by atoms with Gasteiger partial charge in [0.05, 0.1) is 23.4 Å². The Morgan fingerprint density at radius 1 is 1.31 bits per heavy atom. The number of benzene rings is 1. The number of hydrogen-bond acceptors (Lipinski definition) is 5. The molecule has 0 radical (unpaired) electrons. The number of fused-ring (bicyclic) bond motifs is 4. The molecular formula is C19H17N3O3S. The van der Waals surface area contributed by atoms with E-state index in [2.05, 4.69) is 0 Å². The Balaban J connectivity index is 1.80. The van der Waals surface area contributed by atoms with Gasteiger partial charge in [-0.2, -0.15) is 0 Å². The van der Waals surface area contributed by atoms with Crippen molar-refractivity contribution in [1.29, 1.82) is 0 Å². The molecule has 1 aromatic carbocycles. The summed E-state index contributed by atoms with van der Waals surface area (Å²) in [5.41, 5.74) is 1.42. The van der Waals surface area contributed by atoms with Gasteiger partial charge < -0.3 is 9.32 Å². The summed E-state index contributed by atoms with van der Waals surface area (Å²) in [6.45, 7) is 2.66. The van der Waals surface area contributed by atoms with Crippen molar-refractivity contribution in [3.8, 4) is 0 Å². The summed E-state index contributed by atoms with van der Waals surface area (Å²) in [4.78, 5) is 32.7. The first kappa shape index (κ1) is 15.7. The van der Waals surface area contributed by atoms with Gasteiger partial charge >= 0.3 is 0 Å². The van der Waals surface area contributed by atoms with Crippen LogP contribution in [0.5, 0.6) is 0 Å². The minimum atomic E-state index is -0.604. The molecule has 26 heavy (non-hydrogen) atoms. The van der Waals surface area contributed by atoms with E-state index in [0.29, 0.717) is 29.7 Å². The Kier molecular flexibility index (Phi) is 3.31. The number of carbonyl (C=O) groups is 1. The van der Waals surface area contributed by atoms with Crippen LogP contribution in [-0.2, 0) is 16.1 Å². The van der Waals surface area contributed by atoms with Crippen molar-refractivity contribution >= 4 is 28.6 Å². The molecule has 7 heteroatoms. The molecule has 2 aliphatic rings. The van der Waals surface area contributed by atoms with E-state index in [1.165, 1.54) is 0 Å². The SMILES string of the molecule is C[C@@]12SCCN1C(=O)[C@@H](Cc1ccoc1)n1c2nc2ccccc2c1=O. The number of para-hydroxylation sites is 1. The molecule has 3 aromatic rings. The zero-order valence-electron chi connectivity index (χ0n) is 14.2. The lowest BCUT2D eigenvalue weighted by molar-refractivity contribution is -0.140. The molecule has 6 nitrogen and oxygen atoms in total. The molecule has 1 amide bonds. The summed E-state index contributed by atoms with van der Waals surface area (Å²) in [6.07, 6.45) is 3.62. The zero-order chi connectivity index (χ0) is 17.9. The molecular weight excluding hydrogens is 350 g/mol. The molecule has 2 aromatic heterocycles. The van der Waals surface area contributed by atoms with Crippen molar-refractivity contribution in [2.45, 2.75) is 24.3 Å². The molecule has 132 valence electrons. The quantitative estimate of drug-likeness (QED) is 0.696. The van der Waals surface area contributed by atoms with Gasteiger partial charge in [-0.25, -0.2) is 4.98 Å². The number of nitrogens with zero attached hydrogens (tertiary/aromatic N) is 3. The van der Waals surface area contributed by atoms with E-state index in [9.17, 15) is 9.59 Å². The lowest BCUT2D eigenvalue weighted by Crippen LogP contribution is -2.55. The molecule has 0 N–H and O–H groups in total. The van der Waals surface area contributed by atoms with Crippen LogP contribution in [0.4, 0.5) is 0 Å². The van der Waals surface area contributed by atoms with Crippen LogP contribution in [-0.4, -0.2) is 32.7 Å². The van der Waals surface area contributed by atoms with Crippen LogP contribution < -0.4 is 5.56 Å². The highest BCUT2D eigenvalue weighted by molar-refractivity contribution is 8.00. The molecule has 0 spiro atoms. The highest BCUT2D eigenvalue weighted by Crippen LogP contribution is 2.48. The van der Waals surface area contributed by atoms with Crippen LogP contribution in [0.3, 0.4) is 0 Å². The van der Waals surface area contributed by atoms with Gasteiger partial charge in [-0.05, 0) is 30.7 Å². The van der Waals surface area contributed by atoms with Crippen molar-refractivity contribution in [3.63, 3.8) is 0 Å². The standard InChI is InChI=1S/C19H17N3O3S/c1-19-18-20-14-5-3-2-4-13(14)16(23)22(18)15(10-12-6-8-25-11-12)17(24)21(19)7-9-26-19/h2-6,8,11,15H,7,9-10H2,1H3/t15-,19+/m1/s1. The topological polar surface area (TPSA) is 68.3 Å². The summed E-state index contributed by atoms with van der Waals surface area (Å²) in [7, 11) is 0. The van der Waals surface area contributed by atoms with Crippen LogP contribution in [0.15, 0.2) is 52.1 Å². The predicted molar refractivity (Wildman–Crippen MR) is 99.0 cm³/mol. The maximum Gasteiger partial charge on any atom is 0.262 e. The van der Waals surface area contributed by atoms with Crippen molar-refractivity contribution < 1.29 is 9.21 Å². The highest BCUT2D eigenvalue weighted by Gasteiger charge is 2.52. The molecule has 2 aliphatic heterocycles. The third-order valence-electron chi connectivity index (χ3n) is 5.31. The maximum absolute atomic E-state index is 13.3. The second kappa shape index (κ2) is 5.48. The Morgan fingerprint density at radius 2 is 2.15 bits per heavy atom. The summed E-state index contributed by atoms with van der Waals surface area (Å²) < 4.78 is 6.77. The van der Waals surface area contributed by atoms with Gasteiger partial charge in [0, 0.05) is 18.7 Å². The number of amides is 1. The lowest BCUT2D eigenvalue weighted by atomic mass is 10.0. The van der Waals surface area contributed by atoms with Gasteiger partial charge in [-0.1, -0.05) is 12.1 Å². The third-order valence-corrected chi connectivity index (χ3v) is 6.66. The second-order valence-electron chi connectivity index (χ2n) is 6.80. The van der Waals surface area contributed by atoms with Crippen molar-refractivity contribution in [2.75, 3.05) is 12.3 Å².